The molecule has 22 heavy (non-hydrogen) atoms. The Morgan fingerprint density at radius 2 is 1.41 bits per heavy atom. The smallest absolute Gasteiger partial charge is 0.261 e. The third-order valence-corrected chi connectivity index (χ3v) is 4.80. The topological polar surface area (TPSA) is 92.3 Å². The van der Waals surface area contributed by atoms with Crippen molar-refractivity contribution >= 4 is 43.0 Å². The molecule has 0 radical (unpaired) electrons. The summed E-state index contributed by atoms with van der Waals surface area (Å²) in [7, 11) is -7.21. The van der Waals surface area contributed by atoms with E-state index in [2.05, 4.69) is 9.44 Å². The molecule has 0 unspecified atom stereocenters. The van der Waals surface area contributed by atoms with Gasteiger partial charge >= 0.3 is 0 Å². The van der Waals surface area contributed by atoms with Crippen LogP contribution in [0.5, 0.6) is 0 Å². The molecule has 0 aliphatic heterocycles. The average Bonchev–Trinajstić information content (AvgIpc) is 2.37. The van der Waals surface area contributed by atoms with Crippen molar-refractivity contribution in [2.24, 2.45) is 0 Å². The lowest BCUT2D eigenvalue weighted by Gasteiger charge is -2.10. The Morgan fingerprint density at radius 3 is 1.95 bits per heavy atom. The van der Waals surface area contributed by atoms with Crippen LogP contribution in [0, 0.1) is 0 Å². The molecule has 118 valence electrons. The lowest BCUT2D eigenvalue weighted by Crippen LogP contribution is -2.13. The minimum absolute atomic E-state index is 0.0541. The van der Waals surface area contributed by atoms with E-state index in [1.165, 1.54) is 48.5 Å². The molecule has 0 heterocycles. The van der Waals surface area contributed by atoms with Gasteiger partial charge in [0.05, 0.1) is 22.5 Å². The summed E-state index contributed by atoms with van der Waals surface area (Å²) >= 11 is 5.72. The van der Waals surface area contributed by atoms with E-state index in [-0.39, 0.29) is 16.3 Å². The summed E-state index contributed by atoms with van der Waals surface area (Å²) in [6, 6.07) is 11.6. The fourth-order valence-corrected chi connectivity index (χ4v) is 3.42. The van der Waals surface area contributed by atoms with E-state index in [9.17, 15) is 16.8 Å². The van der Waals surface area contributed by atoms with Crippen molar-refractivity contribution in [3.63, 3.8) is 0 Å². The van der Waals surface area contributed by atoms with Crippen molar-refractivity contribution in [3.05, 3.63) is 53.6 Å². The van der Waals surface area contributed by atoms with E-state index in [4.69, 9.17) is 11.6 Å². The van der Waals surface area contributed by atoms with Crippen LogP contribution < -0.4 is 9.44 Å². The molecule has 2 aromatic carbocycles. The quantitative estimate of drug-likeness (QED) is 0.856. The Hall–Kier alpha value is -1.77. The molecular formula is C13H13ClN2O4S2. The third-order valence-electron chi connectivity index (χ3n) is 2.54. The van der Waals surface area contributed by atoms with Crippen molar-refractivity contribution in [3.8, 4) is 0 Å². The van der Waals surface area contributed by atoms with Gasteiger partial charge in [-0.05, 0) is 42.5 Å². The summed E-state index contributed by atoms with van der Waals surface area (Å²) < 4.78 is 51.5. The van der Waals surface area contributed by atoms with Gasteiger partial charge in [0.2, 0.25) is 10.0 Å². The van der Waals surface area contributed by atoms with Crippen molar-refractivity contribution in [1.29, 1.82) is 0 Å². The largest absolute Gasteiger partial charge is 0.284 e. The number of nitrogens with one attached hydrogen (secondary N) is 2. The fourth-order valence-electron chi connectivity index (χ4n) is 1.69. The number of hydrogen-bond donors (Lipinski definition) is 2. The minimum Gasteiger partial charge on any atom is -0.284 e. The molecule has 0 saturated carbocycles. The molecular weight excluding hydrogens is 348 g/mol. The molecule has 0 aliphatic carbocycles. The molecule has 0 fully saturated rings. The van der Waals surface area contributed by atoms with Gasteiger partial charge in [-0.15, -0.1) is 0 Å². The number of anilines is 2. The van der Waals surface area contributed by atoms with Gasteiger partial charge in [0, 0.05) is 5.02 Å². The summed E-state index contributed by atoms with van der Waals surface area (Å²) in [6.45, 7) is 0. The molecule has 2 N–H and O–H groups in total. The maximum Gasteiger partial charge on any atom is 0.261 e. The molecule has 2 rings (SSSR count). The van der Waals surface area contributed by atoms with E-state index in [1.54, 1.807) is 0 Å². The summed E-state index contributed by atoms with van der Waals surface area (Å²) in [5.74, 6) is 0. The monoisotopic (exact) mass is 360 g/mol. The summed E-state index contributed by atoms with van der Waals surface area (Å²) in [5, 5.41) is 0.429. The van der Waals surface area contributed by atoms with Crippen LogP contribution >= 0.6 is 11.6 Å². The highest BCUT2D eigenvalue weighted by atomic mass is 35.5. The highest BCUT2D eigenvalue weighted by Gasteiger charge is 2.14. The van der Waals surface area contributed by atoms with Crippen LogP contribution in [0.3, 0.4) is 0 Å². The molecule has 0 bridgehead atoms. The molecule has 2 aromatic rings. The first-order chi connectivity index (χ1) is 10.2. The number of benzene rings is 2. The van der Waals surface area contributed by atoms with Crippen molar-refractivity contribution in [1.82, 2.24) is 0 Å². The van der Waals surface area contributed by atoms with E-state index < -0.39 is 20.0 Å². The SMILES string of the molecule is CS(=O)(=O)Nc1cccc(NS(=O)(=O)c2ccc(Cl)cc2)c1. The lowest BCUT2D eigenvalue weighted by atomic mass is 10.3. The van der Waals surface area contributed by atoms with Crippen molar-refractivity contribution < 1.29 is 16.8 Å². The zero-order chi connectivity index (χ0) is 16.4. The van der Waals surface area contributed by atoms with Crippen LogP contribution in [0.2, 0.25) is 5.02 Å². The zero-order valence-electron chi connectivity index (χ0n) is 11.4. The maximum atomic E-state index is 12.2. The minimum atomic E-state index is -3.78. The molecule has 0 aromatic heterocycles. The van der Waals surface area contributed by atoms with Crippen molar-refractivity contribution in [2.75, 3.05) is 15.7 Å². The van der Waals surface area contributed by atoms with E-state index in [0.717, 1.165) is 6.26 Å². The standard InChI is InChI=1S/C13H13ClN2O4S2/c1-21(17,18)15-11-3-2-4-12(9-11)16-22(19,20)13-7-5-10(14)6-8-13/h2-9,15-16H,1H3. The Balaban J connectivity index is 2.26. The molecule has 0 aliphatic rings. The molecule has 9 heteroatoms. The van der Waals surface area contributed by atoms with Gasteiger partial charge in [-0.1, -0.05) is 17.7 Å². The first kappa shape index (κ1) is 16.6. The van der Waals surface area contributed by atoms with E-state index in [1.807, 2.05) is 0 Å². The van der Waals surface area contributed by atoms with Crippen molar-refractivity contribution in [2.45, 2.75) is 4.90 Å². The van der Waals surface area contributed by atoms with E-state index in [0.29, 0.717) is 5.02 Å². The maximum absolute atomic E-state index is 12.2. The fraction of sp³-hybridized carbons (Fsp3) is 0.0769. The Morgan fingerprint density at radius 1 is 0.864 bits per heavy atom. The van der Waals surface area contributed by atoms with Gasteiger partial charge in [-0.25, -0.2) is 16.8 Å². The van der Waals surface area contributed by atoms with Gasteiger partial charge in [0.1, 0.15) is 0 Å². The second-order valence-electron chi connectivity index (χ2n) is 4.51. The first-order valence-electron chi connectivity index (χ1n) is 6.02. The van der Waals surface area contributed by atoms with Gasteiger partial charge in [0.15, 0.2) is 0 Å². The third kappa shape index (κ3) is 4.62. The van der Waals surface area contributed by atoms with Crippen LogP contribution in [0.25, 0.3) is 0 Å². The molecule has 0 saturated heterocycles. The molecule has 0 spiro atoms. The Bertz CT molecular complexity index is 879. The van der Waals surface area contributed by atoms with Crippen LogP contribution in [-0.4, -0.2) is 23.1 Å². The summed E-state index contributed by atoms with van der Waals surface area (Å²) in [4.78, 5) is 0.0541. The molecule has 0 amide bonds. The summed E-state index contributed by atoms with van der Waals surface area (Å²) in [5.41, 5.74) is 0.502. The molecule has 0 atom stereocenters. The van der Waals surface area contributed by atoms with Gasteiger partial charge in [-0.2, -0.15) is 0 Å². The number of hydrogen-bond acceptors (Lipinski definition) is 4. The van der Waals surface area contributed by atoms with Crippen LogP contribution in [0.4, 0.5) is 11.4 Å². The summed E-state index contributed by atoms with van der Waals surface area (Å²) in [6.07, 6.45) is 1.01. The van der Waals surface area contributed by atoms with Gasteiger partial charge < -0.3 is 0 Å². The average molecular weight is 361 g/mol. The lowest BCUT2D eigenvalue weighted by molar-refractivity contribution is 0.601. The predicted octanol–water partition coefficient (Wildman–Crippen LogP) is 2.51. The van der Waals surface area contributed by atoms with E-state index >= 15 is 0 Å². The van der Waals surface area contributed by atoms with Crippen LogP contribution in [-0.2, 0) is 20.0 Å². The first-order valence-corrected chi connectivity index (χ1v) is 9.77. The number of halogens is 1. The second-order valence-corrected chi connectivity index (χ2v) is 8.38. The predicted molar refractivity (Wildman–Crippen MR) is 87.2 cm³/mol. The van der Waals surface area contributed by atoms with Crippen LogP contribution in [0.1, 0.15) is 0 Å². The highest BCUT2D eigenvalue weighted by Crippen LogP contribution is 2.21. The van der Waals surface area contributed by atoms with Gasteiger partial charge in [0.25, 0.3) is 10.0 Å². The second kappa shape index (κ2) is 6.15. The number of sulfonamides is 2. The van der Waals surface area contributed by atoms with Gasteiger partial charge in [-0.3, -0.25) is 9.44 Å². The van der Waals surface area contributed by atoms with Crippen LogP contribution in [0.15, 0.2) is 53.4 Å². The Labute approximate surface area is 134 Å². The highest BCUT2D eigenvalue weighted by molar-refractivity contribution is 7.92. The normalized spacial score (nSPS) is 11.9. The zero-order valence-corrected chi connectivity index (χ0v) is 13.8. The number of rotatable bonds is 5. The molecule has 6 nitrogen and oxygen atoms in total. The Kier molecular flexibility index (Phi) is 4.64.